The highest BCUT2D eigenvalue weighted by atomic mass is 79.9. The Morgan fingerprint density at radius 3 is 2.67 bits per heavy atom. The van der Waals surface area contributed by atoms with E-state index >= 15 is 0 Å². The fourth-order valence-electron chi connectivity index (χ4n) is 1.32. The smallest absolute Gasteiger partial charge is 0.120 e. The predicted octanol–water partition coefficient (Wildman–Crippen LogP) is 3.13. The molecule has 2 N–H and O–H groups in total. The van der Waals surface area contributed by atoms with E-state index in [1.807, 2.05) is 18.2 Å². The minimum Gasteiger partial charge on any atom is -0.491 e. The van der Waals surface area contributed by atoms with Gasteiger partial charge in [-0.3, -0.25) is 0 Å². The highest BCUT2D eigenvalue weighted by Gasteiger charge is 2.04. The van der Waals surface area contributed by atoms with Crippen molar-refractivity contribution in [2.75, 3.05) is 19.8 Å². The first-order chi connectivity index (χ1) is 8.50. The molecule has 0 radical (unpaired) electrons. The van der Waals surface area contributed by atoms with Crippen LogP contribution >= 0.6 is 28.1 Å². The van der Waals surface area contributed by atoms with E-state index in [-0.39, 0.29) is 0 Å². The van der Waals surface area contributed by atoms with E-state index in [0.29, 0.717) is 24.1 Å². The first-order valence-electron chi connectivity index (χ1n) is 5.80. The average molecular weight is 332 g/mol. The molecule has 1 aromatic rings. The summed E-state index contributed by atoms with van der Waals surface area (Å²) in [5.41, 5.74) is 6.39. The molecule has 1 aromatic carbocycles. The summed E-state index contributed by atoms with van der Waals surface area (Å²) >= 11 is 8.34. The van der Waals surface area contributed by atoms with Crippen molar-refractivity contribution in [3.63, 3.8) is 0 Å². The maximum absolute atomic E-state index is 5.57. The predicted molar refractivity (Wildman–Crippen MR) is 81.2 cm³/mol. The Balaban J connectivity index is 2.39. The zero-order valence-electron chi connectivity index (χ0n) is 10.6. The lowest BCUT2D eigenvalue weighted by atomic mass is 10.2. The highest BCUT2D eigenvalue weighted by molar-refractivity contribution is 9.10. The van der Waals surface area contributed by atoms with Crippen molar-refractivity contribution in [2.45, 2.75) is 13.8 Å². The van der Waals surface area contributed by atoms with Gasteiger partial charge in [-0.2, -0.15) is 0 Å². The monoisotopic (exact) mass is 331 g/mol. The summed E-state index contributed by atoms with van der Waals surface area (Å²) in [6, 6.07) is 5.55. The van der Waals surface area contributed by atoms with Crippen molar-refractivity contribution < 1.29 is 9.47 Å². The molecule has 0 aliphatic carbocycles. The Labute approximate surface area is 122 Å². The maximum atomic E-state index is 5.57. The van der Waals surface area contributed by atoms with Crippen LogP contribution in [0.15, 0.2) is 22.7 Å². The third kappa shape index (κ3) is 5.33. The molecule has 0 aromatic heterocycles. The summed E-state index contributed by atoms with van der Waals surface area (Å²) in [5, 5.41) is 0. The molecule has 0 fully saturated rings. The largest absolute Gasteiger partial charge is 0.491 e. The topological polar surface area (TPSA) is 44.5 Å². The van der Waals surface area contributed by atoms with E-state index in [1.165, 1.54) is 0 Å². The molecule has 18 heavy (non-hydrogen) atoms. The molecular weight excluding hydrogens is 314 g/mol. The Morgan fingerprint density at radius 1 is 1.39 bits per heavy atom. The maximum Gasteiger partial charge on any atom is 0.120 e. The van der Waals surface area contributed by atoms with Gasteiger partial charge in [0.05, 0.1) is 6.61 Å². The van der Waals surface area contributed by atoms with E-state index in [4.69, 9.17) is 27.4 Å². The molecule has 0 saturated carbocycles. The zero-order chi connectivity index (χ0) is 13.5. The van der Waals surface area contributed by atoms with Gasteiger partial charge in [0.1, 0.15) is 17.3 Å². The lowest BCUT2D eigenvalue weighted by molar-refractivity contribution is 0.0819. The number of hydrogen-bond acceptors (Lipinski definition) is 3. The summed E-state index contributed by atoms with van der Waals surface area (Å²) in [5.74, 6) is 1.32. The fraction of sp³-hybridized carbons (Fsp3) is 0.462. The van der Waals surface area contributed by atoms with Crippen LogP contribution in [0.1, 0.15) is 19.4 Å². The number of halogens is 1. The van der Waals surface area contributed by atoms with Crippen LogP contribution in [0, 0.1) is 5.92 Å². The number of hydrogen-bond donors (Lipinski definition) is 1. The summed E-state index contributed by atoms with van der Waals surface area (Å²) in [7, 11) is 0. The van der Waals surface area contributed by atoms with Crippen LogP contribution in [0.2, 0.25) is 0 Å². The second kappa shape index (κ2) is 7.71. The molecular formula is C13H18BrNO2S. The number of nitrogens with two attached hydrogens (primary N) is 1. The first kappa shape index (κ1) is 15.4. The number of ether oxygens (including phenoxy) is 2. The van der Waals surface area contributed by atoms with Crippen molar-refractivity contribution >= 4 is 33.1 Å². The van der Waals surface area contributed by atoms with Gasteiger partial charge in [-0.15, -0.1) is 0 Å². The molecule has 0 saturated heterocycles. The Morgan fingerprint density at radius 2 is 2.11 bits per heavy atom. The van der Waals surface area contributed by atoms with Crippen LogP contribution in [0.5, 0.6) is 5.75 Å². The van der Waals surface area contributed by atoms with Crippen molar-refractivity contribution in [2.24, 2.45) is 11.7 Å². The lowest BCUT2D eigenvalue weighted by Crippen LogP contribution is -2.11. The van der Waals surface area contributed by atoms with E-state index < -0.39 is 0 Å². The summed E-state index contributed by atoms with van der Waals surface area (Å²) in [6.45, 7) is 6.12. The van der Waals surface area contributed by atoms with Gasteiger partial charge in [-0.05, 0) is 40.0 Å². The summed E-state index contributed by atoms with van der Waals surface area (Å²) in [6.07, 6.45) is 0. The van der Waals surface area contributed by atoms with Gasteiger partial charge in [0.15, 0.2) is 0 Å². The highest BCUT2D eigenvalue weighted by Crippen LogP contribution is 2.23. The van der Waals surface area contributed by atoms with Crippen LogP contribution in [-0.2, 0) is 4.74 Å². The number of thiocarbonyl (C=S) groups is 1. The van der Waals surface area contributed by atoms with E-state index in [2.05, 4.69) is 29.8 Å². The molecule has 0 aliphatic rings. The van der Waals surface area contributed by atoms with Crippen molar-refractivity contribution in [1.82, 2.24) is 0 Å². The summed E-state index contributed by atoms with van der Waals surface area (Å²) < 4.78 is 11.8. The summed E-state index contributed by atoms with van der Waals surface area (Å²) in [4.78, 5) is 0.369. The number of rotatable bonds is 7. The Hall–Kier alpha value is -0.650. The van der Waals surface area contributed by atoms with Crippen molar-refractivity contribution in [1.29, 1.82) is 0 Å². The van der Waals surface area contributed by atoms with Crippen LogP contribution in [0.4, 0.5) is 0 Å². The average Bonchev–Trinajstić information content (AvgIpc) is 2.27. The van der Waals surface area contributed by atoms with Crippen LogP contribution in [0.25, 0.3) is 0 Å². The lowest BCUT2D eigenvalue weighted by Gasteiger charge is -2.10. The number of benzene rings is 1. The van der Waals surface area contributed by atoms with Gasteiger partial charge in [0.2, 0.25) is 0 Å². The van der Waals surface area contributed by atoms with Crippen LogP contribution in [0.3, 0.4) is 0 Å². The quantitative estimate of drug-likeness (QED) is 0.615. The molecule has 0 heterocycles. The molecule has 0 bridgehead atoms. The first-order valence-corrected chi connectivity index (χ1v) is 7.00. The van der Waals surface area contributed by atoms with Gasteiger partial charge in [0, 0.05) is 16.6 Å². The Kier molecular flexibility index (Phi) is 6.60. The van der Waals surface area contributed by atoms with E-state index in [9.17, 15) is 0 Å². The minimum atomic E-state index is 0.369. The molecule has 0 amide bonds. The second-order valence-electron chi connectivity index (χ2n) is 4.32. The second-order valence-corrected chi connectivity index (χ2v) is 5.62. The fourth-order valence-corrected chi connectivity index (χ4v) is 2.20. The van der Waals surface area contributed by atoms with Gasteiger partial charge in [-0.1, -0.05) is 26.1 Å². The molecule has 1 rings (SSSR count). The molecule has 5 heteroatoms. The third-order valence-electron chi connectivity index (χ3n) is 2.15. The van der Waals surface area contributed by atoms with Gasteiger partial charge < -0.3 is 15.2 Å². The normalized spacial score (nSPS) is 10.7. The van der Waals surface area contributed by atoms with Crippen molar-refractivity contribution in [3.05, 3.63) is 28.2 Å². The van der Waals surface area contributed by atoms with E-state index in [0.717, 1.165) is 22.4 Å². The molecule has 100 valence electrons. The molecule has 3 nitrogen and oxygen atoms in total. The zero-order valence-corrected chi connectivity index (χ0v) is 13.0. The van der Waals surface area contributed by atoms with Crippen LogP contribution < -0.4 is 10.5 Å². The van der Waals surface area contributed by atoms with Gasteiger partial charge >= 0.3 is 0 Å². The minimum absolute atomic E-state index is 0.369. The van der Waals surface area contributed by atoms with Gasteiger partial charge in [-0.25, -0.2) is 0 Å². The van der Waals surface area contributed by atoms with Crippen LogP contribution in [-0.4, -0.2) is 24.8 Å². The van der Waals surface area contributed by atoms with E-state index in [1.54, 1.807) is 0 Å². The SMILES string of the molecule is CC(C)COCCOc1ccc(C(N)=S)c(Br)c1. The molecule has 0 spiro atoms. The molecule has 0 aliphatic heterocycles. The van der Waals surface area contributed by atoms with Crippen molar-refractivity contribution in [3.8, 4) is 5.75 Å². The Bertz CT molecular complexity index is 410. The standard InChI is InChI=1S/C13H18BrNO2S/c1-9(2)8-16-5-6-17-10-3-4-11(13(15)18)12(14)7-10/h3-4,7,9H,5-6,8H2,1-2H3,(H2,15,18). The molecule has 0 unspecified atom stereocenters. The van der Waals surface area contributed by atoms with Gasteiger partial charge in [0.25, 0.3) is 0 Å². The third-order valence-corrected chi connectivity index (χ3v) is 3.03. The molecule has 0 atom stereocenters.